The van der Waals surface area contributed by atoms with Gasteiger partial charge in [-0.05, 0) is 112 Å². The van der Waals surface area contributed by atoms with E-state index in [0.29, 0.717) is 0 Å². The van der Waals surface area contributed by atoms with Crippen LogP contribution in [0.1, 0.15) is 0 Å². The Kier molecular flexibility index (Phi) is 6.43. The van der Waals surface area contributed by atoms with E-state index in [4.69, 9.17) is 4.98 Å². The molecule has 0 saturated carbocycles. The zero-order valence-corrected chi connectivity index (χ0v) is 28.5. The molecule has 0 aliphatic heterocycles. The molecule has 0 aliphatic rings. The van der Waals surface area contributed by atoms with Crippen LogP contribution in [0.15, 0.2) is 182 Å². The average molecular weight is 680 g/mol. The number of halogens is 1. The van der Waals surface area contributed by atoms with Crippen molar-refractivity contribution < 1.29 is 4.39 Å². The Morgan fingerprint density at radius 1 is 0.358 bits per heavy atom. The van der Waals surface area contributed by atoms with Crippen LogP contribution >= 0.6 is 0 Å². The number of fused-ring (bicyclic) bond motifs is 9. The van der Waals surface area contributed by atoms with E-state index in [0.717, 1.165) is 55.3 Å². The number of benzene rings is 8. The largest absolute Gasteiger partial charge is 0.309 e. The molecule has 0 fully saturated rings. The van der Waals surface area contributed by atoms with Crippen molar-refractivity contribution in [3.05, 3.63) is 188 Å². The fourth-order valence-corrected chi connectivity index (χ4v) is 8.32. The highest BCUT2D eigenvalue weighted by Gasteiger charge is 2.17. The monoisotopic (exact) mass is 679 g/mol. The average Bonchev–Trinajstić information content (AvgIpc) is 3.73. The quantitative estimate of drug-likeness (QED) is 0.170. The van der Waals surface area contributed by atoms with Gasteiger partial charge in [0.25, 0.3) is 0 Å². The van der Waals surface area contributed by atoms with Crippen molar-refractivity contribution in [2.24, 2.45) is 0 Å². The highest BCUT2D eigenvalue weighted by molar-refractivity contribution is 6.13. The molecular formula is C49H30FN3. The van der Waals surface area contributed by atoms with E-state index >= 15 is 0 Å². The molecule has 0 bridgehead atoms. The van der Waals surface area contributed by atoms with Gasteiger partial charge in [-0.3, -0.25) is 4.57 Å². The summed E-state index contributed by atoms with van der Waals surface area (Å²) in [5.74, 6) is 0.645. The van der Waals surface area contributed by atoms with Crippen LogP contribution in [-0.2, 0) is 0 Å². The first-order chi connectivity index (χ1) is 26.2. The summed E-state index contributed by atoms with van der Waals surface area (Å²) in [6.07, 6.45) is 0. The van der Waals surface area contributed by atoms with E-state index in [1.165, 1.54) is 49.8 Å². The Labute approximate surface area is 304 Å². The Morgan fingerprint density at radius 2 is 0.925 bits per heavy atom. The highest BCUT2D eigenvalue weighted by Crippen LogP contribution is 2.38. The van der Waals surface area contributed by atoms with Gasteiger partial charge in [0.15, 0.2) is 0 Å². The lowest BCUT2D eigenvalue weighted by Crippen LogP contribution is -1.98. The number of hydrogen-bond donors (Lipinski definition) is 0. The molecule has 11 rings (SSSR count). The van der Waals surface area contributed by atoms with Crippen LogP contribution in [0.4, 0.5) is 4.39 Å². The van der Waals surface area contributed by atoms with Crippen LogP contribution in [0.25, 0.3) is 99.0 Å². The lowest BCUT2D eigenvalue weighted by molar-refractivity contribution is 0.630. The summed E-state index contributed by atoms with van der Waals surface area (Å²) >= 11 is 0. The van der Waals surface area contributed by atoms with Crippen molar-refractivity contribution in [1.82, 2.24) is 14.1 Å². The third-order valence-electron chi connectivity index (χ3n) is 10.7. The molecule has 0 radical (unpaired) electrons. The highest BCUT2D eigenvalue weighted by atomic mass is 19.1. The number of rotatable bonds is 4. The Balaban J connectivity index is 1.04. The van der Waals surface area contributed by atoms with Crippen LogP contribution in [0.2, 0.25) is 0 Å². The van der Waals surface area contributed by atoms with Crippen LogP contribution in [-0.4, -0.2) is 14.1 Å². The van der Waals surface area contributed by atoms with Crippen molar-refractivity contribution in [3.63, 3.8) is 0 Å². The fraction of sp³-hybridized carbons (Fsp3) is 0. The van der Waals surface area contributed by atoms with Gasteiger partial charge in [-0.2, -0.15) is 0 Å². The lowest BCUT2D eigenvalue weighted by Gasteiger charge is -2.11. The first-order valence-electron chi connectivity index (χ1n) is 17.9. The molecule has 0 aliphatic carbocycles. The smallest absolute Gasteiger partial charge is 0.138 e. The predicted molar refractivity (Wildman–Crippen MR) is 219 cm³/mol. The standard InChI is InChI=1S/C49H30FN3/c50-36-22-24-39-34(28-36)18-17-33-27-35(19-23-38(33)39)44-13-8-16-49(51-44)53-46-15-7-5-12-41(46)43-30-32(21-26-48(43)53)31-20-25-47-42(29-31)40-11-4-6-14-45(40)52(47)37-9-2-1-3-10-37/h1-30H. The third-order valence-corrected chi connectivity index (χ3v) is 10.7. The van der Waals surface area contributed by atoms with Gasteiger partial charge in [0.2, 0.25) is 0 Å². The number of para-hydroxylation sites is 3. The Morgan fingerprint density at radius 3 is 1.64 bits per heavy atom. The molecular weight excluding hydrogens is 650 g/mol. The normalized spacial score (nSPS) is 11.9. The predicted octanol–water partition coefficient (Wildman–Crippen LogP) is 13.1. The van der Waals surface area contributed by atoms with E-state index in [9.17, 15) is 4.39 Å². The molecule has 0 atom stereocenters. The molecule has 0 unspecified atom stereocenters. The van der Waals surface area contributed by atoms with Crippen molar-refractivity contribution in [1.29, 1.82) is 0 Å². The van der Waals surface area contributed by atoms with Gasteiger partial charge in [0.05, 0.1) is 27.8 Å². The van der Waals surface area contributed by atoms with E-state index in [-0.39, 0.29) is 5.82 Å². The number of pyridine rings is 1. The molecule has 53 heavy (non-hydrogen) atoms. The number of hydrogen-bond acceptors (Lipinski definition) is 1. The summed E-state index contributed by atoms with van der Waals surface area (Å²) < 4.78 is 18.5. The summed E-state index contributed by atoms with van der Waals surface area (Å²) in [6.45, 7) is 0. The molecule has 3 nitrogen and oxygen atoms in total. The van der Waals surface area contributed by atoms with Gasteiger partial charge >= 0.3 is 0 Å². The molecule has 11 aromatic rings. The summed E-state index contributed by atoms with van der Waals surface area (Å²) in [6, 6.07) is 63.2. The van der Waals surface area contributed by atoms with Crippen LogP contribution in [0.3, 0.4) is 0 Å². The van der Waals surface area contributed by atoms with Crippen LogP contribution < -0.4 is 0 Å². The second-order valence-corrected chi connectivity index (χ2v) is 13.8. The van der Waals surface area contributed by atoms with Crippen molar-refractivity contribution in [2.45, 2.75) is 0 Å². The van der Waals surface area contributed by atoms with E-state index in [2.05, 4.69) is 167 Å². The van der Waals surface area contributed by atoms with Gasteiger partial charge in [0.1, 0.15) is 11.6 Å². The van der Waals surface area contributed by atoms with Crippen LogP contribution in [0.5, 0.6) is 0 Å². The number of nitrogens with zero attached hydrogens (tertiary/aromatic N) is 3. The lowest BCUT2D eigenvalue weighted by atomic mass is 9.99. The Bertz CT molecular complexity index is 3240. The van der Waals surface area contributed by atoms with Gasteiger partial charge in [-0.1, -0.05) is 103 Å². The zero-order valence-electron chi connectivity index (χ0n) is 28.5. The second kappa shape index (κ2) is 11.5. The first kappa shape index (κ1) is 29.7. The van der Waals surface area contributed by atoms with Gasteiger partial charge < -0.3 is 4.57 Å². The summed E-state index contributed by atoms with van der Waals surface area (Å²) in [4.78, 5) is 5.25. The SMILES string of the molecule is Fc1ccc2c(ccc3cc(-c4cccc(-n5c6ccccc6c6cc(-c7ccc8c(c7)c7ccccc7n8-c7ccccc7)ccc65)n4)ccc32)c1. The minimum absolute atomic E-state index is 0.222. The Hall–Kier alpha value is -7.04. The molecule has 0 amide bonds. The minimum atomic E-state index is -0.222. The van der Waals surface area contributed by atoms with Crippen molar-refractivity contribution in [2.75, 3.05) is 0 Å². The molecule has 0 saturated heterocycles. The molecule has 3 aromatic heterocycles. The van der Waals surface area contributed by atoms with Gasteiger partial charge in [-0.15, -0.1) is 0 Å². The molecule has 4 heteroatoms. The fourth-order valence-electron chi connectivity index (χ4n) is 8.32. The summed E-state index contributed by atoms with van der Waals surface area (Å²) in [5.41, 5.74) is 10.1. The summed E-state index contributed by atoms with van der Waals surface area (Å²) in [7, 11) is 0. The molecule has 0 spiro atoms. The maximum Gasteiger partial charge on any atom is 0.138 e. The van der Waals surface area contributed by atoms with E-state index in [1.807, 2.05) is 12.1 Å². The number of aromatic nitrogens is 3. The second-order valence-electron chi connectivity index (χ2n) is 13.8. The topological polar surface area (TPSA) is 22.8 Å². The minimum Gasteiger partial charge on any atom is -0.309 e. The van der Waals surface area contributed by atoms with Crippen molar-refractivity contribution in [3.8, 4) is 33.9 Å². The third kappa shape index (κ3) is 4.62. The van der Waals surface area contributed by atoms with Gasteiger partial charge in [-0.25, -0.2) is 9.37 Å². The maximum atomic E-state index is 13.9. The molecule has 0 N–H and O–H groups in total. The first-order valence-corrected chi connectivity index (χ1v) is 17.9. The molecule has 248 valence electrons. The van der Waals surface area contributed by atoms with Crippen LogP contribution in [0, 0.1) is 5.82 Å². The summed E-state index contributed by atoms with van der Waals surface area (Å²) in [5, 5.41) is 8.99. The van der Waals surface area contributed by atoms with E-state index < -0.39 is 0 Å². The molecule has 3 heterocycles. The molecule has 8 aromatic carbocycles. The maximum absolute atomic E-state index is 13.9. The van der Waals surface area contributed by atoms with E-state index in [1.54, 1.807) is 6.07 Å². The van der Waals surface area contributed by atoms with Crippen molar-refractivity contribution >= 4 is 65.2 Å². The zero-order chi connectivity index (χ0) is 35.0. The van der Waals surface area contributed by atoms with Gasteiger partial charge in [0, 0.05) is 32.8 Å².